The van der Waals surface area contributed by atoms with E-state index in [9.17, 15) is 15.3 Å². The van der Waals surface area contributed by atoms with Crippen LogP contribution in [0.25, 0.3) is 0 Å². The third kappa shape index (κ3) is 17.1. The Morgan fingerprint density at radius 2 is 0.583 bits per heavy atom. The predicted octanol–water partition coefficient (Wildman–Crippen LogP) is 14.3. The van der Waals surface area contributed by atoms with Crippen LogP contribution in [0.4, 0.5) is 17.1 Å². The van der Waals surface area contributed by atoms with Crippen molar-refractivity contribution in [2.24, 2.45) is 15.0 Å². The van der Waals surface area contributed by atoms with Crippen molar-refractivity contribution >= 4 is 35.7 Å². The van der Waals surface area contributed by atoms with Crippen molar-refractivity contribution < 1.29 is 29.5 Å². The molecule has 0 fully saturated rings. The number of ether oxygens (including phenoxy) is 3. The SMILES string of the molecule is CCCCCCCCOc1ccc(N=Cc2c(O)c(C=Nc3ccc(OCCCCCCCC)cc3)c(O)c(C=Nc3ccc(OCCCCCCCC)cc3)c2O)cc1. The summed E-state index contributed by atoms with van der Waals surface area (Å²) in [6.07, 6.45) is 25.6. The van der Waals surface area contributed by atoms with E-state index in [0.717, 1.165) is 55.8 Å². The van der Waals surface area contributed by atoms with Crippen LogP contribution >= 0.6 is 0 Å². The first-order valence-electron chi connectivity index (χ1n) is 22.5. The summed E-state index contributed by atoms with van der Waals surface area (Å²) in [5.74, 6) is 1.14. The highest BCUT2D eigenvalue weighted by Gasteiger charge is 2.21. The number of benzene rings is 4. The number of hydrogen-bond acceptors (Lipinski definition) is 9. The van der Waals surface area contributed by atoms with Gasteiger partial charge >= 0.3 is 0 Å². The minimum absolute atomic E-state index is 0.0102. The summed E-state index contributed by atoms with van der Waals surface area (Å²) in [5, 5.41) is 34.4. The molecular weight excluding hydrogens is 751 g/mol. The zero-order valence-electron chi connectivity index (χ0n) is 36.4. The van der Waals surface area contributed by atoms with Gasteiger partial charge in [-0.2, -0.15) is 0 Å². The summed E-state index contributed by atoms with van der Waals surface area (Å²) in [7, 11) is 0. The first-order chi connectivity index (χ1) is 29.4. The van der Waals surface area contributed by atoms with Gasteiger partial charge in [0.1, 0.15) is 34.5 Å². The zero-order chi connectivity index (χ0) is 42.6. The van der Waals surface area contributed by atoms with Gasteiger partial charge in [-0.15, -0.1) is 0 Å². The van der Waals surface area contributed by atoms with E-state index in [-0.39, 0.29) is 33.9 Å². The van der Waals surface area contributed by atoms with Gasteiger partial charge in [-0.05, 0) is 92.1 Å². The Labute approximate surface area is 359 Å². The van der Waals surface area contributed by atoms with E-state index in [1.54, 1.807) is 0 Å². The number of aliphatic imine (C=N–C) groups is 3. The molecule has 0 aromatic heterocycles. The largest absolute Gasteiger partial charge is 0.506 e. The molecule has 0 atom stereocenters. The van der Waals surface area contributed by atoms with E-state index < -0.39 is 0 Å². The minimum Gasteiger partial charge on any atom is -0.506 e. The molecule has 0 radical (unpaired) electrons. The van der Waals surface area contributed by atoms with Gasteiger partial charge in [0.25, 0.3) is 0 Å². The van der Waals surface area contributed by atoms with Gasteiger partial charge in [-0.1, -0.05) is 117 Å². The van der Waals surface area contributed by atoms with Gasteiger partial charge in [0.05, 0.1) is 53.6 Å². The first-order valence-corrected chi connectivity index (χ1v) is 22.5. The van der Waals surface area contributed by atoms with E-state index in [2.05, 4.69) is 35.7 Å². The second-order valence-electron chi connectivity index (χ2n) is 15.4. The van der Waals surface area contributed by atoms with Crippen molar-refractivity contribution in [3.63, 3.8) is 0 Å². The maximum Gasteiger partial charge on any atom is 0.140 e. The smallest absolute Gasteiger partial charge is 0.140 e. The standard InChI is InChI=1S/C51H69N3O6/c1-4-7-10-13-16-19-34-58-43-28-22-40(23-29-43)52-37-46-49(55)47(38-53-41-24-30-44(31-25-41)59-35-20-17-14-11-8-5-2)51(57)48(50(46)56)39-54-42-26-32-45(33-27-42)60-36-21-18-15-12-9-6-3/h22-33,37-39,55-57H,4-21,34-36H2,1-3H3. The molecule has 0 amide bonds. The summed E-state index contributed by atoms with van der Waals surface area (Å²) in [6.45, 7) is 8.64. The van der Waals surface area contributed by atoms with Crippen molar-refractivity contribution in [1.29, 1.82) is 0 Å². The van der Waals surface area contributed by atoms with Crippen LogP contribution in [-0.4, -0.2) is 53.8 Å². The topological polar surface area (TPSA) is 125 Å². The Hall–Kier alpha value is -5.31. The zero-order valence-corrected chi connectivity index (χ0v) is 36.4. The lowest BCUT2D eigenvalue weighted by Crippen LogP contribution is -1.98. The van der Waals surface area contributed by atoms with E-state index in [0.29, 0.717) is 36.9 Å². The fourth-order valence-corrected chi connectivity index (χ4v) is 6.66. The molecule has 4 rings (SSSR count). The second kappa shape index (κ2) is 28.2. The number of nitrogens with zero attached hydrogens (tertiary/aromatic N) is 3. The van der Waals surface area contributed by atoms with Gasteiger partial charge in [-0.3, -0.25) is 15.0 Å². The van der Waals surface area contributed by atoms with Gasteiger partial charge in [-0.25, -0.2) is 0 Å². The van der Waals surface area contributed by atoms with Crippen LogP contribution in [0.5, 0.6) is 34.5 Å². The molecule has 9 nitrogen and oxygen atoms in total. The highest BCUT2D eigenvalue weighted by Crippen LogP contribution is 2.40. The van der Waals surface area contributed by atoms with Crippen LogP contribution in [0.1, 0.15) is 153 Å². The molecule has 0 heterocycles. The molecule has 9 heteroatoms. The van der Waals surface area contributed by atoms with Crippen molar-refractivity contribution in [2.45, 2.75) is 136 Å². The van der Waals surface area contributed by atoms with Gasteiger partial charge < -0.3 is 29.5 Å². The Kier molecular flexibility index (Phi) is 22.3. The molecule has 60 heavy (non-hydrogen) atoms. The average molecular weight is 820 g/mol. The van der Waals surface area contributed by atoms with E-state index in [1.165, 1.54) is 95.7 Å². The number of unbranched alkanes of at least 4 members (excludes halogenated alkanes) is 15. The second-order valence-corrected chi connectivity index (χ2v) is 15.4. The normalized spacial score (nSPS) is 11.7. The van der Waals surface area contributed by atoms with Gasteiger partial charge in [0, 0.05) is 18.6 Å². The highest BCUT2D eigenvalue weighted by atomic mass is 16.5. The summed E-state index contributed by atoms with van der Waals surface area (Å²) in [6, 6.07) is 22.0. The molecule has 0 bridgehead atoms. The lowest BCUT2D eigenvalue weighted by Gasteiger charge is -2.12. The Bertz CT molecular complexity index is 1630. The maximum atomic E-state index is 11.5. The molecule has 4 aromatic rings. The molecular formula is C51H69N3O6. The maximum absolute atomic E-state index is 11.5. The average Bonchev–Trinajstić information content (AvgIpc) is 3.26. The minimum atomic E-state index is -0.376. The number of hydrogen-bond donors (Lipinski definition) is 3. The number of phenolic OH excluding ortho intramolecular Hbond substituents is 3. The summed E-state index contributed by atoms with van der Waals surface area (Å²) in [4.78, 5) is 13.6. The summed E-state index contributed by atoms with van der Waals surface area (Å²) < 4.78 is 17.8. The van der Waals surface area contributed by atoms with E-state index in [4.69, 9.17) is 14.2 Å². The van der Waals surface area contributed by atoms with E-state index >= 15 is 0 Å². The summed E-state index contributed by atoms with van der Waals surface area (Å²) in [5.41, 5.74) is 1.81. The molecule has 0 aliphatic carbocycles. The Balaban J connectivity index is 1.49. The molecule has 4 aromatic carbocycles. The fraction of sp³-hybridized carbons (Fsp3) is 0.471. The molecule has 3 N–H and O–H groups in total. The quantitative estimate of drug-likeness (QED) is 0.0355. The molecule has 0 unspecified atom stereocenters. The monoisotopic (exact) mass is 820 g/mol. The van der Waals surface area contributed by atoms with Gasteiger partial charge in [0.2, 0.25) is 0 Å². The molecule has 0 spiro atoms. The number of aromatic hydroxyl groups is 3. The van der Waals surface area contributed by atoms with E-state index in [1.807, 2.05) is 72.8 Å². The van der Waals surface area contributed by atoms with Crippen LogP contribution in [0.3, 0.4) is 0 Å². The molecule has 0 saturated carbocycles. The van der Waals surface area contributed by atoms with Crippen molar-refractivity contribution in [1.82, 2.24) is 0 Å². The predicted molar refractivity (Wildman–Crippen MR) is 249 cm³/mol. The lowest BCUT2D eigenvalue weighted by atomic mass is 10.0. The Morgan fingerprint density at radius 3 is 0.833 bits per heavy atom. The van der Waals surface area contributed by atoms with Crippen LogP contribution in [0, 0.1) is 0 Å². The highest BCUT2D eigenvalue weighted by molar-refractivity contribution is 6.04. The molecule has 0 aliphatic rings. The van der Waals surface area contributed by atoms with Crippen molar-refractivity contribution in [3.05, 3.63) is 89.5 Å². The fourth-order valence-electron chi connectivity index (χ4n) is 6.66. The number of rotatable bonds is 30. The summed E-state index contributed by atoms with van der Waals surface area (Å²) >= 11 is 0. The van der Waals surface area contributed by atoms with Crippen molar-refractivity contribution in [3.8, 4) is 34.5 Å². The lowest BCUT2D eigenvalue weighted by molar-refractivity contribution is 0.304. The third-order valence-corrected chi connectivity index (χ3v) is 10.4. The van der Waals surface area contributed by atoms with Gasteiger partial charge in [0.15, 0.2) is 0 Å². The first kappa shape index (κ1) is 47.4. The molecule has 324 valence electrons. The van der Waals surface area contributed by atoms with Crippen LogP contribution in [0.2, 0.25) is 0 Å². The van der Waals surface area contributed by atoms with Crippen LogP contribution < -0.4 is 14.2 Å². The Morgan fingerprint density at radius 1 is 0.350 bits per heavy atom. The van der Waals surface area contributed by atoms with Crippen molar-refractivity contribution in [2.75, 3.05) is 19.8 Å². The molecule has 0 saturated heterocycles. The third-order valence-electron chi connectivity index (χ3n) is 10.4. The number of phenols is 3. The van der Waals surface area contributed by atoms with Crippen LogP contribution in [0.15, 0.2) is 87.8 Å². The molecule has 0 aliphatic heterocycles. The van der Waals surface area contributed by atoms with Crippen LogP contribution in [-0.2, 0) is 0 Å².